The van der Waals surface area contributed by atoms with Crippen LogP contribution in [0.1, 0.15) is 6.92 Å². The van der Waals surface area contributed by atoms with E-state index in [-0.39, 0.29) is 6.03 Å². The molecule has 0 spiro atoms. The second-order valence-corrected chi connectivity index (χ2v) is 2.83. The Hall–Kier alpha value is -0.770. The summed E-state index contributed by atoms with van der Waals surface area (Å²) in [5.74, 6) is 0. The summed E-state index contributed by atoms with van der Waals surface area (Å²) < 4.78 is 0. The van der Waals surface area contributed by atoms with Crippen LogP contribution in [0.4, 0.5) is 4.79 Å². The van der Waals surface area contributed by atoms with Gasteiger partial charge in [0.15, 0.2) is 0 Å². The van der Waals surface area contributed by atoms with Crippen LogP contribution in [0.15, 0.2) is 0 Å². The number of rotatable bonds is 3. The van der Waals surface area contributed by atoms with Crippen molar-refractivity contribution in [1.82, 2.24) is 15.5 Å². The molecule has 2 N–H and O–H groups in total. The smallest absolute Gasteiger partial charge is 0.317 e. The van der Waals surface area contributed by atoms with Crippen molar-refractivity contribution in [2.45, 2.75) is 13.0 Å². The summed E-state index contributed by atoms with van der Waals surface area (Å²) in [5.41, 5.74) is 0. The topological polar surface area (TPSA) is 44.4 Å². The minimum atomic E-state index is 0.0627. The third kappa shape index (κ3) is 1.83. The molecule has 11 heavy (non-hydrogen) atoms. The van der Waals surface area contributed by atoms with Gasteiger partial charge in [-0.1, -0.05) is 0 Å². The lowest BCUT2D eigenvalue weighted by Crippen LogP contribution is -2.37. The number of hydrogen-bond acceptors (Lipinski definition) is 2. The van der Waals surface area contributed by atoms with Gasteiger partial charge in [-0.3, -0.25) is 0 Å². The minimum absolute atomic E-state index is 0.0627. The van der Waals surface area contributed by atoms with Crippen LogP contribution >= 0.6 is 0 Å². The Morgan fingerprint density at radius 1 is 1.82 bits per heavy atom. The van der Waals surface area contributed by atoms with E-state index in [1.54, 1.807) is 0 Å². The second-order valence-electron chi connectivity index (χ2n) is 2.83. The number of likely N-dealkylation sites (N-methyl/N-ethyl adjacent to an activating group) is 1. The summed E-state index contributed by atoms with van der Waals surface area (Å²) in [6.07, 6.45) is 0. The van der Waals surface area contributed by atoms with Crippen molar-refractivity contribution >= 4 is 6.03 Å². The highest BCUT2D eigenvalue weighted by Gasteiger charge is 2.25. The fourth-order valence-electron chi connectivity index (χ4n) is 1.20. The van der Waals surface area contributed by atoms with Gasteiger partial charge in [-0.15, -0.1) is 0 Å². The predicted octanol–water partition coefficient (Wildman–Crippen LogP) is -0.380. The van der Waals surface area contributed by atoms with Crippen molar-refractivity contribution in [3.63, 3.8) is 0 Å². The zero-order chi connectivity index (χ0) is 8.27. The van der Waals surface area contributed by atoms with E-state index in [0.717, 1.165) is 19.6 Å². The first-order chi connectivity index (χ1) is 5.25. The number of nitrogens with one attached hydrogen (secondary N) is 2. The van der Waals surface area contributed by atoms with Crippen molar-refractivity contribution in [1.29, 1.82) is 0 Å². The van der Waals surface area contributed by atoms with Gasteiger partial charge in [0.25, 0.3) is 0 Å². The van der Waals surface area contributed by atoms with Gasteiger partial charge in [-0.25, -0.2) is 4.79 Å². The third-order valence-electron chi connectivity index (χ3n) is 1.94. The monoisotopic (exact) mass is 157 g/mol. The maximum absolute atomic E-state index is 11.1. The van der Waals surface area contributed by atoms with Crippen LogP contribution in [0.5, 0.6) is 0 Å². The van der Waals surface area contributed by atoms with E-state index in [0.29, 0.717) is 6.04 Å². The Balaban J connectivity index is 2.35. The van der Waals surface area contributed by atoms with E-state index in [9.17, 15) is 4.79 Å². The molecule has 1 aliphatic heterocycles. The van der Waals surface area contributed by atoms with Crippen LogP contribution in [0.25, 0.3) is 0 Å². The molecule has 0 aromatic carbocycles. The second kappa shape index (κ2) is 3.57. The fourth-order valence-corrected chi connectivity index (χ4v) is 1.20. The Labute approximate surface area is 66.9 Å². The first-order valence-corrected chi connectivity index (χ1v) is 3.94. The SMILES string of the molecule is CNCCN1C(=O)NCC1C. The van der Waals surface area contributed by atoms with Crippen molar-refractivity contribution in [3.05, 3.63) is 0 Å². The molecular weight excluding hydrogens is 142 g/mol. The van der Waals surface area contributed by atoms with Crippen LogP contribution in [-0.4, -0.2) is 43.7 Å². The van der Waals surface area contributed by atoms with Gasteiger partial charge in [-0.2, -0.15) is 0 Å². The average Bonchev–Trinajstić information content (AvgIpc) is 2.29. The lowest BCUT2D eigenvalue weighted by molar-refractivity contribution is 0.207. The number of urea groups is 1. The van der Waals surface area contributed by atoms with Crippen molar-refractivity contribution in [2.75, 3.05) is 26.7 Å². The largest absolute Gasteiger partial charge is 0.336 e. The van der Waals surface area contributed by atoms with Gasteiger partial charge in [0.1, 0.15) is 0 Å². The molecular formula is C7H15N3O. The molecule has 4 nitrogen and oxygen atoms in total. The molecule has 4 heteroatoms. The quantitative estimate of drug-likeness (QED) is 0.586. The summed E-state index contributed by atoms with van der Waals surface area (Å²) in [7, 11) is 1.89. The molecule has 1 fully saturated rings. The number of nitrogens with zero attached hydrogens (tertiary/aromatic N) is 1. The first-order valence-electron chi connectivity index (χ1n) is 3.94. The number of carbonyl (C=O) groups excluding carboxylic acids is 1. The van der Waals surface area contributed by atoms with E-state index in [1.165, 1.54) is 0 Å². The zero-order valence-electron chi connectivity index (χ0n) is 7.05. The standard InChI is InChI=1S/C7H15N3O/c1-6-5-9-7(11)10(6)4-3-8-2/h6,8H,3-5H2,1-2H3,(H,9,11). The molecule has 0 saturated carbocycles. The molecule has 2 amide bonds. The third-order valence-corrected chi connectivity index (χ3v) is 1.94. The first kappa shape index (κ1) is 8.33. The maximum atomic E-state index is 11.1. The highest BCUT2D eigenvalue weighted by Crippen LogP contribution is 2.04. The maximum Gasteiger partial charge on any atom is 0.317 e. The van der Waals surface area contributed by atoms with Gasteiger partial charge < -0.3 is 15.5 Å². The van der Waals surface area contributed by atoms with E-state index >= 15 is 0 Å². The predicted molar refractivity (Wildman–Crippen MR) is 43.5 cm³/mol. The number of hydrogen-bond donors (Lipinski definition) is 2. The van der Waals surface area contributed by atoms with Crippen LogP contribution in [0.3, 0.4) is 0 Å². The molecule has 0 aromatic rings. The van der Waals surface area contributed by atoms with Crippen LogP contribution < -0.4 is 10.6 Å². The highest BCUT2D eigenvalue weighted by molar-refractivity contribution is 5.76. The van der Waals surface area contributed by atoms with Crippen LogP contribution in [0.2, 0.25) is 0 Å². The van der Waals surface area contributed by atoms with E-state index in [1.807, 2.05) is 18.9 Å². The molecule has 0 bridgehead atoms. The molecule has 1 rings (SSSR count). The normalized spacial score (nSPS) is 24.0. The van der Waals surface area contributed by atoms with E-state index in [4.69, 9.17) is 0 Å². The molecule has 1 heterocycles. The Morgan fingerprint density at radius 2 is 2.55 bits per heavy atom. The zero-order valence-corrected chi connectivity index (χ0v) is 7.05. The summed E-state index contributed by atoms with van der Waals surface area (Å²) in [4.78, 5) is 12.9. The Morgan fingerprint density at radius 3 is 3.00 bits per heavy atom. The van der Waals surface area contributed by atoms with Crippen LogP contribution in [-0.2, 0) is 0 Å². The van der Waals surface area contributed by atoms with Gasteiger partial charge >= 0.3 is 6.03 Å². The van der Waals surface area contributed by atoms with Gasteiger partial charge in [0.2, 0.25) is 0 Å². The molecule has 1 aliphatic rings. The molecule has 0 aliphatic carbocycles. The number of carbonyl (C=O) groups is 1. The molecule has 64 valence electrons. The Kier molecular flexibility index (Phi) is 2.70. The van der Waals surface area contributed by atoms with Crippen molar-refractivity contribution in [2.24, 2.45) is 0 Å². The van der Waals surface area contributed by atoms with Gasteiger partial charge in [0, 0.05) is 25.7 Å². The summed E-state index contributed by atoms with van der Waals surface area (Å²) >= 11 is 0. The number of amides is 2. The van der Waals surface area contributed by atoms with Crippen molar-refractivity contribution in [3.8, 4) is 0 Å². The van der Waals surface area contributed by atoms with E-state index < -0.39 is 0 Å². The Bertz CT molecular complexity index is 149. The summed E-state index contributed by atoms with van der Waals surface area (Å²) in [5, 5.41) is 5.80. The lowest BCUT2D eigenvalue weighted by Gasteiger charge is -2.18. The molecule has 1 unspecified atom stereocenters. The molecule has 0 aromatic heterocycles. The molecule has 1 atom stereocenters. The fraction of sp³-hybridized carbons (Fsp3) is 0.857. The highest BCUT2D eigenvalue weighted by atomic mass is 16.2. The summed E-state index contributed by atoms with van der Waals surface area (Å²) in [6.45, 7) is 4.48. The van der Waals surface area contributed by atoms with E-state index in [2.05, 4.69) is 10.6 Å². The lowest BCUT2D eigenvalue weighted by atomic mass is 10.3. The van der Waals surface area contributed by atoms with Gasteiger partial charge in [-0.05, 0) is 14.0 Å². The van der Waals surface area contributed by atoms with Crippen LogP contribution in [0, 0.1) is 0 Å². The minimum Gasteiger partial charge on any atom is -0.336 e. The molecule has 0 radical (unpaired) electrons. The average molecular weight is 157 g/mol. The van der Waals surface area contributed by atoms with Gasteiger partial charge in [0.05, 0.1) is 0 Å². The van der Waals surface area contributed by atoms with Crippen molar-refractivity contribution < 1.29 is 4.79 Å². The summed E-state index contributed by atoms with van der Waals surface area (Å²) in [6, 6.07) is 0.406. The molecule has 1 saturated heterocycles.